The van der Waals surface area contributed by atoms with E-state index in [-0.39, 0.29) is 0 Å². The van der Waals surface area contributed by atoms with Crippen LogP contribution in [0.5, 0.6) is 5.75 Å². The molecule has 0 spiro atoms. The quantitative estimate of drug-likeness (QED) is 0.295. The number of aryl methyl sites for hydroxylation is 1. The van der Waals surface area contributed by atoms with Gasteiger partial charge >= 0.3 is 0 Å². The van der Waals surface area contributed by atoms with Crippen LogP contribution in [0.1, 0.15) is 41.2 Å². The lowest BCUT2D eigenvalue weighted by Crippen LogP contribution is -2.35. The van der Waals surface area contributed by atoms with Crippen molar-refractivity contribution in [2.45, 2.75) is 32.2 Å². The van der Waals surface area contributed by atoms with Crippen LogP contribution < -0.4 is 4.74 Å². The normalized spacial score (nSPS) is 15.0. The Morgan fingerprint density at radius 2 is 1.44 bits per heavy atom. The Morgan fingerprint density at radius 3 is 2.00 bits per heavy atom. The highest BCUT2D eigenvalue weighted by molar-refractivity contribution is 5.60. The van der Waals surface area contributed by atoms with E-state index in [0.717, 1.165) is 42.5 Å². The van der Waals surface area contributed by atoms with Crippen molar-refractivity contribution in [1.82, 2.24) is 4.90 Å². The summed E-state index contributed by atoms with van der Waals surface area (Å²) in [6.45, 7) is 5.22. The minimum Gasteiger partial charge on any atom is -0.497 e. The summed E-state index contributed by atoms with van der Waals surface area (Å²) < 4.78 is 11.6. The number of furan rings is 1. The number of rotatable bonds is 7. The van der Waals surface area contributed by atoms with E-state index < -0.39 is 0 Å². The standard InChI is InChI=1S/C31H33NO2/c1-23-21-29(24-13-15-28(33-2)16-14-24)34-30(23)22-32-19-17-27(18-20-32)31(25-9-5-3-6-10-25)26-11-7-4-8-12-26/h3-16,21,27,31H,17-20,22H2,1-2H3. The van der Waals surface area contributed by atoms with Gasteiger partial charge in [-0.25, -0.2) is 0 Å². The second-order valence-corrected chi connectivity index (χ2v) is 9.36. The number of methoxy groups -OCH3 is 1. The van der Waals surface area contributed by atoms with Crippen LogP contribution >= 0.6 is 0 Å². The van der Waals surface area contributed by atoms with E-state index >= 15 is 0 Å². The fourth-order valence-electron chi connectivity index (χ4n) is 5.28. The smallest absolute Gasteiger partial charge is 0.134 e. The van der Waals surface area contributed by atoms with E-state index in [1.54, 1.807) is 7.11 Å². The van der Waals surface area contributed by atoms with E-state index in [2.05, 4.69) is 90.7 Å². The number of hydrogen-bond acceptors (Lipinski definition) is 3. The molecule has 0 bridgehead atoms. The summed E-state index contributed by atoms with van der Waals surface area (Å²) in [6, 6.07) is 32.3. The van der Waals surface area contributed by atoms with Gasteiger partial charge in [-0.1, -0.05) is 60.7 Å². The van der Waals surface area contributed by atoms with Gasteiger partial charge in [-0.15, -0.1) is 0 Å². The molecular weight excluding hydrogens is 418 g/mol. The Labute approximate surface area is 203 Å². The molecule has 3 aromatic carbocycles. The number of ether oxygens (including phenoxy) is 1. The lowest BCUT2D eigenvalue weighted by molar-refractivity contribution is 0.158. The Morgan fingerprint density at radius 1 is 0.853 bits per heavy atom. The van der Waals surface area contributed by atoms with Gasteiger partial charge in [0, 0.05) is 11.5 Å². The highest BCUT2D eigenvalue weighted by Gasteiger charge is 2.29. The first-order chi connectivity index (χ1) is 16.7. The third-order valence-electron chi connectivity index (χ3n) is 7.18. The Hall–Kier alpha value is -3.30. The van der Waals surface area contributed by atoms with Crippen LogP contribution in [0.3, 0.4) is 0 Å². The molecule has 174 valence electrons. The van der Waals surface area contributed by atoms with Crippen molar-refractivity contribution in [1.29, 1.82) is 0 Å². The van der Waals surface area contributed by atoms with Crippen molar-refractivity contribution in [2.24, 2.45) is 5.92 Å². The van der Waals surface area contributed by atoms with Crippen molar-refractivity contribution >= 4 is 0 Å². The molecule has 1 aliphatic heterocycles. The number of likely N-dealkylation sites (tertiary alicyclic amines) is 1. The summed E-state index contributed by atoms with van der Waals surface area (Å²) in [5.74, 6) is 3.97. The molecule has 34 heavy (non-hydrogen) atoms. The highest BCUT2D eigenvalue weighted by atomic mass is 16.5. The highest BCUT2D eigenvalue weighted by Crippen LogP contribution is 2.38. The average molecular weight is 452 g/mol. The van der Waals surface area contributed by atoms with Crippen molar-refractivity contribution < 1.29 is 9.15 Å². The predicted octanol–water partition coefficient (Wildman–Crippen LogP) is 7.31. The lowest BCUT2D eigenvalue weighted by Gasteiger charge is -2.36. The van der Waals surface area contributed by atoms with Gasteiger partial charge in [0.25, 0.3) is 0 Å². The molecule has 0 unspecified atom stereocenters. The molecule has 2 heterocycles. The molecule has 0 saturated carbocycles. The summed E-state index contributed by atoms with van der Waals surface area (Å²) in [6.07, 6.45) is 2.39. The van der Waals surface area contributed by atoms with Crippen LogP contribution in [0, 0.1) is 12.8 Å². The number of benzene rings is 3. The molecule has 0 aliphatic carbocycles. The zero-order valence-corrected chi connectivity index (χ0v) is 20.1. The summed E-state index contributed by atoms with van der Waals surface area (Å²) in [4.78, 5) is 2.55. The largest absolute Gasteiger partial charge is 0.497 e. The molecule has 0 radical (unpaired) electrons. The molecule has 1 saturated heterocycles. The second kappa shape index (κ2) is 10.3. The maximum atomic E-state index is 6.31. The zero-order valence-electron chi connectivity index (χ0n) is 20.1. The van der Waals surface area contributed by atoms with E-state index in [4.69, 9.17) is 9.15 Å². The van der Waals surface area contributed by atoms with E-state index in [1.807, 2.05) is 12.1 Å². The Balaban J connectivity index is 1.26. The Kier molecular flexibility index (Phi) is 6.82. The van der Waals surface area contributed by atoms with Gasteiger partial charge in [0.1, 0.15) is 17.3 Å². The van der Waals surface area contributed by atoms with Gasteiger partial charge in [0.2, 0.25) is 0 Å². The van der Waals surface area contributed by atoms with Gasteiger partial charge in [-0.3, -0.25) is 4.90 Å². The molecule has 5 rings (SSSR count). The molecule has 3 nitrogen and oxygen atoms in total. The molecule has 0 atom stereocenters. The average Bonchev–Trinajstić information content (AvgIpc) is 3.26. The molecule has 1 fully saturated rings. The molecule has 1 aromatic heterocycles. The molecule has 0 amide bonds. The number of piperidine rings is 1. The van der Waals surface area contributed by atoms with Crippen molar-refractivity contribution in [2.75, 3.05) is 20.2 Å². The van der Waals surface area contributed by atoms with Crippen molar-refractivity contribution in [3.63, 3.8) is 0 Å². The summed E-state index contributed by atoms with van der Waals surface area (Å²) in [5.41, 5.74) is 5.16. The molecule has 4 aromatic rings. The summed E-state index contributed by atoms with van der Waals surface area (Å²) in [5, 5.41) is 0. The van der Waals surface area contributed by atoms with Crippen molar-refractivity contribution in [3.05, 3.63) is 113 Å². The third kappa shape index (κ3) is 4.95. The number of nitrogens with zero attached hydrogens (tertiary/aromatic N) is 1. The first kappa shape index (κ1) is 22.5. The van der Waals surface area contributed by atoms with Gasteiger partial charge in [-0.05, 0) is 85.8 Å². The van der Waals surface area contributed by atoms with Gasteiger partial charge in [-0.2, -0.15) is 0 Å². The molecule has 1 aliphatic rings. The van der Waals surface area contributed by atoms with Gasteiger partial charge in [0.05, 0.1) is 13.7 Å². The fourth-order valence-corrected chi connectivity index (χ4v) is 5.28. The predicted molar refractivity (Wildman–Crippen MR) is 138 cm³/mol. The maximum Gasteiger partial charge on any atom is 0.134 e. The SMILES string of the molecule is COc1ccc(-c2cc(C)c(CN3CCC(C(c4ccccc4)c4ccccc4)CC3)o2)cc1. The van der Waals surface area contributed by atoms with Crippen LogP contribution in [0.25, 0.3) is 11.3 Å². The second-order valence-electron chi connectivity index (χ2n) is 9.36. The van der Waals surface area contributed by atoms with Gasteiger partial charge < -0.3 is 9.15 Å². The first-order valence-electron chi connectivity index (χ1n) is 12.3. The summed E-state index contributed by atoms with van der Waals surface area (Å²) >= 11 is 0. The zero-order chi connectivity index (χ0) is 23.3. The number of hydrogen-bond donors (Lipinski definition) is 0. The van der Waals surface area contributed by atoms with E-state index in [9.17, 15) is 0 Å². The van der Waals surface area contributed by atoms with E-state index in [0.29, 0.717) is 11.8 Å². The Bertz CT molecular complexity index is 1130. The van der Waals surface area contributed by atoms with Crippen LogP contribution in [-0.2, 0) is 6.54 Å². The van der Waals surface area contributed by atoms with Gasteiger partial charge in [0.15, 0.2) is 0 Å². The minimum atomic E-state index is 0.455. The summed E-state index contributed by atoms with van der Waals surface area (Å²) in [7, 11) is 1.69. The molecular formula is C31H33NO2. The van der Waals surface area contributed by atoms with Crippen molar-refractivity contribution in [3.8, 4) is 17.1 Å². The fraction of sp³-hybridized carbons (Fsp3) is 0.290. The van der Waals surface area contributed by atoms with Crippen LogP contribution in [0.4, 0.5) is 0 Å². The van der Waals surface area contributed by atoms with Crippen LogP contribution in [0.2, 0.25) is 0 Å². The lowest BCUT2D eigenvalue weighted by atomic mass is 9.76. The van der Waals surface area contributed by atoms with Crippen LogP contribution in [-0.4, -0.2) is 25.1 Å². The monoisotopic (exact) mass is 451 g/mol. The molecule has 0 N–H and O–H groups in total. The first-order valence-corrected chi connectivity index (χ1v) is 12.3. The topological polar surface area (TPSA) is 25.6 Å². The minimum absolute atomic E-state index is 0.455. The molecule has 3 heteroatoms. The third-order valence-corrected chi connectivity index (χ3v) is 7.18. The maximum absolute atomic E-state index is 6.31. The van der Waals surface area contributed by atoms with E-state index in [1.165, 1.54) is 29.5 Å². The van der Waals surface area contributed by atoms with Crippen LogP contribution in [0.15, 0.2) is 95.4 Å².